The fraction of sp³-hybridized carbons (Fsp3) is 0.375. The molecule has 3 aromatic heterocycles. The normalized spacial score (nSPS) is 15.4. The van der Waals surface area contributed by atoms with Crippen molar-refractivity contribution in [2.24, 2.45) is 0 Å². The topological polar surface area (TPSA) is 147 Å². The molecule has 1 unspecified atom stereocenters. The van der Waals surface area contributed by atoms with Gasteiger partial charge in [-0.25, -0.2) is 14.8 Å². The van der Waals surface area contributed by atoms with E-state index in [4.69, 9.17) is 15.1 Å². The van der Waals surface area contributed by atoms with Crippen LogP contribution in [0.4, 0.5) is 10.5 Å². The average molecular weight is 478 g/mol. The second-order valence-electron chi connectivity index (χ2n) is 8.36. The van der Waals surface area contributed by atoms with Gasteiger partial charge in [0.2, 0.25) is 11.8 Å². The number of hydrogen-bond donors (Lipinski definition) is 3. The van der Waals surface area contributed by atoms with Gasteiger partial charge in [-0.1, -0.05) is 6.07 Å². The van der Waals surface area contributed by atoms with Crippen molar-refractivity contribution < 1.29 is 19.4 Å². The molecule has 3 aromatic rings. The first kappa shape index (κ1) is 23.8. The Hall–Kier alpha value is -4.33. The summed E-state index contributed by atoms with van der Waals surface area (Å²) >= 11 is 0. The summed E-state index contributed by atoms with van der Waals surface area (Å²) in [6.45, 7) is 1.56. The number of H-pyrrole nitrogens is 1. The van der Waals surface area contributed by atoms with E-state index in [0.29, 0.717) is 24.7 Å². The van der Waals surface area contributed by atoms with E-state index >= 15 is 0 Å². The van der Waals surface area contributed by atoms with Gasteiger partial charge < -0.3 is 29.9 Å². The molecule has 1 fully saturated rings. The number of pyridine rings is 2. The number of carbonyl (C=O) groups is 2. The van der Waals surface area contributed by atoms with Gasteiger partial charge in [-0.2, -0.15) is 5.26 Å². The predicted octanol–water partition coefficient (Wildman–Crippen LogP) is 2.93. The van der Waals surface area contributed by atoms with Crippen molar-refractivity contribution in [3.05, 3.63) is 36.7 Å². The summed E-state index contributed by atoms with van der Waals surface area (Å²) in [5.41, 5.74) is 3.02. The van der Waals surface area contributed by atoms with E-state index in [1.807, 2.05) is 30.5 Å². The smallest absolute Gasteiger partial charge is 0.407 e. The molecule has 35 heavy (non-hydrogen) atoms. The molecule has 2 amide bonds. The quantitative estimate of drug-likeness (QED) is 0.449. The third-order valence-electron chi connectivity index (χ3n) is 5.94. The summed E-state index contributed by atoms with van der Waals surface area (Å²) in [6.07, 6.45) is 4.16. The second kappa shape index (κ2) is 10.7. The maximum atomic E-state index is 12.3. The first-order chi connectivity index (χ1) is 17.0. The van der Waals surface area contributed by atoms with Gasteiger partial charge in [-0.15, -0.1) is 0 Å². The lowest BCUT2D eigenvalue weighted by Crippen LogP contribution is -2.45. The standard InChI is InChI=1S/C24H27N7O4/c1-30(24(33)34)12-13-35-20-6-2-5-19(29-20)18-14-27-23-17(8-10-26-23)22(18)28-16-4-3-11-31(15-16)21(32)7-9-25/h2,5-6,8,10,14,16H,3-4,7,11-13,15H2,1H3,(H,33,34)(H2,26,27,28). The third-order valence-corrected chi connectivity index (χ3v) is 5.94. The van der Waals surface area contributed by atoms with Crippen molar-refractivity contribution in [1.29, 1.82) is 5.26 Å². The molecule has 0 spiro atoms. The Morgan fingerprint density at radius 3 is 3.06 bits per heavy atom. The minimum Gasteiger partial charge on any atom is -0.476 e. The highest BCUT2D eigenvalue weighted by atomic mass is 16.5. The number of nitrogens with one attached hydrogen (secondary N) is 2. The van der Waals surface area contributed by atoms with Crippen LogP contribution in [0.2, 0.25) is 0 Å². The molecular weight excluding hydrogens is 450 g/mol. The number of nitrogens with zero attached hydrogens (tertiary/aromatic N) is 5. The number of carboxylic acid groups (broad SMARTS) is 1. The van der Waals surface area contributed by atoms with Crippen molar-refractivity contribution in [3.63, 3.8) is 0 Å². The van der Waals surface area contributed by atoms with E-state index in [1.54, 1.807) is 17.2 Å². The molecule has 0 radical (unpaired) electrons. The lowest BCUT2D eigenvalue weighted by molar-refractivity contribution is -0.131. The van der Waals surface area contributed by atoms with Crippen LogP contribution in [0.3, 0.4) is 0 Å². The number of carbonyl (C=O) groups excluding carboxylic acids is 1. The molecular formula is C24H27N7O4. The number of likely N-dealkylation sites (N-methyl/N-ethyl adjacent to an activating group) is 1. The molecule has 0 saturated carbocycles. The number of anilines is 1. The Morgan fingerprint density at radius 2 is 2.26 bits per heavy atom. The van der Waals surface area contributed by atoms with Gasteiger partial charge in [-0.05, 0) is 25.0 Å². The zero-order valence-corrected chi connectivity index (χ0v) is 19.4. The molecule has 1 atom stereocenters. The van der Waals surface area contributed by atoms with Crippen molar-refractivity contribution in [2.75, 3.05) is 38.6 Å². The summed E-state index contributed by atoms with van der Waals surface area (Å²) < 4.78 is 5.68. The van der Waals surface area contributed by atoms with Crippen molar-refractivity contribution in [3.8, 4) is 23.2 Å². The Kier molecular flexibility index (Phi) is 7.30. The van der Waals surface area contributed by atoms with Crippen molar-refractivity contribution >= 4 is 28.7 Å². The number of amides is 2. The molecule has 182 valence electrons. The second-order valence-corrected chi connectivity index (χ2v) is 8.36. The fourth-order valence-electron chi connectivity index (χ4n) is 4.09. The van der Waals surface area contributed by atoms with Crippen LogP contribution < -0.4 is 10.1 Å². The van der Waals surface area contributed by atoms with Crippen LogP contribution in [0.1, 0.15) is 19.3 Å². The van der Waals surface area contributed by atoms with E-state index in [1.165, 1.54) is 7.05 Å². The van der Waals surface area contributed by atoms with Crippen LogP contribution in [0.5, 0.6) is 5.88 Å². The molecule has 3 N–H and O–H groups in total. The van der Waals surface area contributed by atoms with Crippen LogP contribution in [-0.4, -0.2) is 81.2 Å². The average Bonchev–Trinajstić information content (AvgIpc) is 3.34. The highest BCUT2D eigenvalue weighted by Crippen LogP contribution is 2.34. The van der Waals surface area contributed by atoms with E-state index in [-0.39, 0.29) is 31.5 Å². The maximum absolute atomic E-state index is 12.3. The highest BCUT2D eigenvalue weighted by molar-refractivity contribution is 5.97. The number of aromatic nitrogens is 3. The number of likely N-dealkylation sites (tertiary alicyclic amines) is 1. The van der Waals surface area contributed by atoms with Crippen LogP contribution in [0.25, 0.3) is 22.3 Å². The molecule has 0 bridgehead atoms. The maximum Gasteiger partial charge on any atom is 0.407 e. The van der Waals surface area contributed by atoms with Gasteiger partial charge in [0, 0.05) is 55.6 Å². The predicted molar refractivity (Wildman–Crippen MR) is 129 cm³/mol. The van der Waals surface area contributed by atoms with Gasteiger partial charge >= 0.3 is 6.09 Å². The molecule has 4 rings (SSSR count). The monoisotopic (exact) mass is 477 g/mol. The minimum absolute atomic E-state index is 0.0108. The molecule has 11 nitrogen and oxygen atoms in total. The van der Waals surface area contributed by atoms with Crippen molar-refractivity contribution in [1.82, 2.24) is 24.8 Å². The van der Waals surface area contributed by atoms with Crippen LogP contribution in [0, 0.1) is 11.3 Å². The van der Waals surface area contributed by atoms with Crippen molar-refractivity contribution in [2.45, 2.75) is 25.3 Å². The Morgan fingerprint density at radius 1 is 1.40 bits per heavy atom. The molecule has 1 saturated heterocycles. The molecule has 0 aromatic carbocycles. The number of hydrogen-bond acceptors (Lipinski definition) is 7. The van der Waals surface area contributed by atoms with E-state index in [9.17, 15) is 9.59 Å². The number of piperidine rings is 1. The summed E-state index contributed by atoms with van der Waals surface area (Å²) in [5, 5.41) is 22.4. The third kappa shape index (κ3) is 5.60. The highest BCUT2D eigenvalue weighted by Gasteiger charge is 2.25. The van der Waals surface area contributed by atoms with Gasteiger partial charge in [0.15, 0.2) is 0 Å². The lowest BCUT2D eigenvalue weighted by atomic mass is 10.0. The number of rotatable bonds is 8. The van der Waals surface area contributed by atoms with E-state index < -0.39 is 6.09 Å². The van der Waals surface area contributed by atoms with Gasteiger partial charge in [0.25, 0.3) is 0 Å². The molecule has 11 heteroatoms. The van der Waals surface area contributed by atoms with Gasteiger partial charge in [-0.3, -0.25) is 4.79 Å². The van der Waals surface area contributed by atoms with E-state index in [0.717, 1.165) is 40.0 Å². The Balaban J connectivity index is 1.57. The Bertz CT molecular complexity index is 1250. The fourth-order valence-corrected chi connectivity index (χ4v) is 4.09. The lowest BCUT2D eigenvalue weighted by Gasteiger charge is -2.34. The summed E-state index contributed by atoms with van der Waals surface area (Å²) in [7, 11) is 1.48. The number of aromatic amines is 1. The number of ether oxygens (including phenoxy) is 1. The number of nitriles is 1. The zero-order valence-electron chi connectivity index (χ0n) is 19.4. The van der Waals surface area contributed by atoms with Crippen LogP contribution in [-0.2, 0) is 4.79 Å². The van der Waals surface area contributed by atoms with Crippen LogP contribution in [0.15, 0.2) is 36.7 Å². The molecule has 4 heterocycles. The Labute approximate surface area is 202 Å². The minimum atomic E-state index is -1.02. The first-order valence-corrected chi connectivity index (χ1v) is 11.4. The number of fused-ring (bicyclic) bond motifs is 1. The largest absolute Gasteiger partial charge is 0.476 e. The summed E-state index contributed by atoms with van der Waals surface area (Å²) in [5.74, 6) is 0.230. The van der Waals surface area contributed by atoms with Crippen LogP contribution >= 0.6 is 0 Å². The first-order valence-electron chi connectivity index (χ1n) is 11.4. The van der Waals surface area contributed by atoms with E-state index in [2.05, 4.69) is 20.3 Å². The SMILES string of the molecule is CN(CCOc1cccc(-c2cnc3[nH]ccc3c2NC2CCCN(C(=O)CC#N)C2)n1)C(=O)O. The summed E-state index contributed by atoms with van der Waals surface area (Å²) in [4.78, 5) is 38.4. The summed E-state index contributed by atoms with van der Waals surface area (Å²) in [6, 6.07) is 9.30. The molecule has 1 aliphatic heterocycles. The van der Waals surface area contributed by atoms with Gasteiger partial charge in [0.1, 0.15) is 18.7 Å². The zero-order chi connectivity index (χ0) is 24.8. The van der Waals surface area contributed by atoms with Gasteiger partial charge in [0.05, 0.1) is 24.0 Å². The molecule has 1 aliphatic rings. The molecule has 0 aliphatic carbocycles.